The number of nitrogens with two attached hydrogens (primary N) is 1. The summed E-state index contributed by atoms with van der Waals surface area (Å²) in [6, 6.07) is 5.91. The third kappa shape index (κ3) is 4.34. The number of aromatic nitrogens is 3. The molecule has 3 aromatic rings. The summed E-state index contributed by atoms with van der Waals surface area (Å²) in [4.78, 5) is 21.3. The molecule has 0 aliphatic heterocycles. The number of rotatable bonds is 6. The van der Waals surface area contributed by atoms with Crippen molar-refractivity contribution in [3.8, 4) is 11.1 Å². The number of hydrogen-bond donors (Lipinski definition) is 2. The molecule has 2 aromatic heterocycles. The van der Waals surface area contributed by atoms with E-state index in [0.717, 1.165) is 0 Å². The molecular formula is C21H22F3N5OS. The van der Waals surface area contributed by atoms with E-state index in [9.17, 15) is 18.0 Å². The van der Waals surface area contributed by atoms with Crippen LogP contribution in [0.4, 0.5) is 24.8 Å². The molecule has 0 bridgehead atoms. The minimum absolute atomic E-state index is 0.0682. The predicted molar refractivity (Wildman–Crippen MR) is 118 cm³/mol. The van der Waals surface area contributed by atoms with Gasteiger partial charge in [0.15, 0.2) is 0 Å². The van der Waals surface area contributed by atoms with Gasteiger partial charge in [-0.05, 0) is 43.5 Å². The van der Waals surface area contributed by atoms with Crippen molar-refractivity contribution in [2.45, 2.75) is 38.7 Å². The van der Waals surface area contributed by atoms with Crippen LogP contribution in [0.5, 0.6) is 0 Å². The third-order valence-corrected chi connectivity index (χ3v) is 6.27. The monoisotopic (exact) mass is 449 g/mol. The summed E-state index contributed by atoms with van der Waals surface area (Å²) >= 11 is 1.20. The molecule has 0 unspecified atom stereocenters. The number of anilines is 2. The van der Waals surface area contributed by atoms with E-state index >= 15 is 0 Å². The Morgan fingerprint density at radius 1 is 1.32 bits per heavy atom. The van der Waals surface area contributed by atoms with E-state index in [-0.39, 0.29) is 42.0 Å². The standard InChI is InChI=1S/C21H22F3N5OS/c1-11(2)29-18-14(9-26-20(25)27-18)5-15(19(29)30)13-3-4-17(16(22)6-13)28-31-10-12-7-21(23,24)8-12/h3-6,9,11-12,28H,7-8,10H2,1-2H3,(H2,25,26,27). The van der Waals surface area contributed by atoms with Crippen LogP contribution in [-0.2, 0) is 0 Å². The SMILES string of the molecule is CC(C)n1c(=O)c(-c2ccc(NSCC3CC(F)(F)C3)c(F)c2)cc2cnc(N)nc21. The molecule has 31 heavy (non-hydrogen) atoms. The normalized spacial score (nSPS) is 15.9. The van der Waals surface area contributed by atoms with Gasteiger partial charge in [0.25, 0.3) is 5.56 Å². The van der Waals surface area contributed by atoms with Gasteiger partial charge in [-0.1, -0.05) is 18.0 Å². The summed E-state index contributed by atoms with van der Waals surface area (Å²) in [5, 5.41) is 0.618. The molecule has 2 heterocycles. The Kier molecular flexibility index (Phi) is 5.59. The molecule has 0 radical (unpaired) electrons. The van der Waals surface area contributed by atoms with Crippen LogP contribution in [0.2, 0.25) is 0 Å². The lowest BCUT2D eigenvalue weighted by atomic mass is 9.83. The summed E-state index contributed by atoms with van der Waals surface area (Å²) < 4.78 is 44.9. The molecule has 1 aliphatic carbocycles. The Morgan fingerprint density at radius 3 is 2.71 bits per heavy atom. The number of alkyl halides is 2. The van der Waals surface area contributed by atoms with Crippen LogP contribution < -0.4 is 16.0 Å². The fourth-order valence-electron chi connectivity index (χ4n) is 3.72. The maximum Gasteiger partial charge on any atom is 0.260 e. The molecule has 0 saturated heterocycles. The molecule has 1 aromatic carbocycles. The van der Waals surface area contributed by atoms with Gasteiger partial charge in [-0.2, -0.15) is 4.98 Å². The molecule has 4 rings (SSSR count). The Bertz CT molecular complexity index is 1190. The Labute approximate surface area is 181 Å². The van der Waals surface area contributed by atoms with Gasteiger partial charge in [-0.25, -0.2) is 18.2 Å². The highest BCUT2D eigenvalue weighted by Gasteiger charge is 2.44. The van der Waals surface area contributed by atoms with Crippen LogP contribution >= 0.6 is 11.9 Å². The van der Waals surface area contributed by atoms with Crippen molar-refractivity contribution in [1.82, 2.24) is 14.5 Å². The molecule has 1 aliphatic rings. The van der Waals surface area contributed by atoms with E-state index in [2.05, 4.69) is 14.7 Å². The summed E-state index contributed by atoms with van der Waals surface area (Å²) in [6.07, 6.45) is 1.29. The fourth-order valence-corrected chi connectivity index (χ4v) is 4.60. The lowest BCUT2D eigenvalue weighted by Gasteiger charge is -2.34. The molecule has 0 spiro atoms. The second-order valence-corrected chi connectivity index (χ2v) is 8.90. The molecule has 3 N–H and O–H groups in total. The molecule has 10 heteroatoms. The second kappa shape index (κ2) is 8.07. The molecule has 164 valence electrons. The van der Waals surface area contributed by atoms with Crippen molar-refractivity contribution in [3.05, 3.63) is 46.6 Å². The average Bonchev–Trinajstić information content (AvgIpc) is 2.67. The number of nitrogens with one attached hydrogen (secondary N) is 1. The van der Waals surface area contributed by atoms with Crippen molar-refractivity contribution in [2.24, 2.45) is 5.92 Å². The largest absolute Gasteiger partial charge is 0.368 e. The van der Waals surface area contributed by atoms with Crippen molar-refractivity contribution >= 4 is 34.6 Å². The maximum absolute atomic E-state index is 14.7. The highest BCUT2D eigenvalue weighted by atomic mass is 32.2. The van der Waals surface area contributed by atoms with E-state index in [1.807, 2.05) is 13.8 Å². The third-order valence-electron chi connectivity index (χ3n) is 5.26. The fraction of sp³-hybridized carbons (Fsp3) is 0.381. The lowest BCUT2D eigenvalue weighted by Crippen LogP contribution is -2.36. The van der Waals surface area contributed by atoms with Crippen LogP contribution in [0.3, 0.4) is 0 Å². The molecule has 1 fully saturated rings. The number of halogens is 3. The molecular weight excluding hydrogens is 427 g/mol. The minimum atomic E-state index is -2.56. The first-order valence-corrected chi connectivity index (χ1v) is 10.9. The zero-order chi connectivity index (χ0) is 22.3. The van der Waals surface area contributed by atoms with Crippen LogP contribution in [-0.4, -0.2) is 26.2 Å². The number of pyridine rings is 1. The van der Waals surface area contributed by atoms with Crippen molar-refractivity contribution < 1.29 is 13.2 Å². The summed E-state index contributed by atoms with van der Waals surface area (Å²) in [5.41, 5.74) is 6.78. The lowest BCUT2D eigenvalue weighted by molar-refractivity contribution is -0.103. The highest BCUT2D eigenvalue weighted by molar-refractivity contribution is 8.00. The molecule has 1 saturated carbocycles. The van der Waals surface area contributed by atoms with Gasteiger partial charge in [-0.3, -0.25) is 9.36 Å². The van der Waals surface area contributed by atoms with E-state index in [0.29, 0.717) is 27.9 Å². The molecule has 0 atom stereocenters. The smallest absolute Gasteiger partial charge is 0.260 e. The Hall–Kier alpha value is -2.75. The Balaban J connectivity index is 1.60. The van der Waals surface area contributed by atoms with Crippen LogP contribution in [0.1, 0.15) is 32.7 Å². The van der Waals surface area contributed by atoms with Crippen molar-refractivity contribution in [1.29, 1.82) is 0 Å². The van der Waals surface area contributed by atoms with Gasteiger partial charge < -0.3 is 10.5 Å². The first kappa shape index (κ1) is 21.5. The quantitative estimate of drug-likeness (QED) is 0.523. The van der Waals surface area contributed by atoms with Gasteiger partial charge in [-0.15, -0.1) is 0 Å². The predicted octanol–water partition coefficient (Wildman–Crippen LogP) is 4.87. The summed E-state index contributed by atoms with van der Waals surface area (Å²) in [7, 11) is 0. The number of nitrogens with zero attached hydrogens (tertiary/aromatic N) is 3. The second-order valence-electron chi connectivity index (χ2n) is 8.07. The van der Waals surface area contributed by atoms with Crippen LogP contribution in [0.15, 0.2) is 35.3 Å². The number of nitrogen functional groups attached to an aromatic ring is 1. The van der Waals surface area contributed by atoms with Gasteiger partial charge in [0.1, 0.15) is 11.5 Å². The van der Waals surface area contributed by atoms with Gasteiger partial charge in [0.2, 0.25) is 11.9 Å². The van der Waals surface area contributed by atoms with Crippen molar-refractivity contribution in [2.75, 3.05) is 16.2 Å². The van der Waals surface area contributed by atoms with E-state index in [1.165, 1.54) is 34.8 Å². The van der Waals surface area contributed by atoms with E-state index < -0.39 is 11.7 Å². The number of benzene rings is 1. The number of hydrogen-bond acceptors (Lipinski definition) is 6. The van der Waals surface area contributed by atoms with Gasteiger partial charge in [0.05, 0.1) is 5.69 Å². The van der Waals surface area contributed by atoms with Gasteiger partial charge >= 0.3 is 0 Å². The molecule has 0 amide bonds. The minimum Gasteiger partial charge on any atom is -0.368 e. The zero-order valence-corrected chi connectivity index (χ0v) is 17.8. The zero-order valence-electron chi connectivity index (χ0n) is 17.0. The topological polar surface area (TPSA) is 85.8 Å². The van der Waals surface area contributed by atoms with Crippen molar-refractivity contribution in [3.63, 3.8) is 0 Å². The summed E-state index contributed by atoms with van der Waals surface area (Å²) in [6.45, 7) is 3.71. The average molecular weight is 450 g/mol. The van der Waals surface area contributed by atoms with Gasteiger partial charge in [0, 0.05) is 41.8 Å². The number of fused-ring (bicyclic) bond motifs is 1. The van der Waals surface area contributed by atoms with E-state index in [4.69, 9.17) is 5.73 Å². The van der Waals surface area contributed by atoms with E-state index in [1.54, 1.807) is 12.1 Å². The first-order chi connectivity index (χ1) is 14.6. The van der Waals surface area contributed by atoms with Crippen LogP contribution in [0, 0.1) is 11.7 Å². The first-order valence-electron chi connectivity index (χ1n) is 9.88. The summed E-state index contributed by atoms with van der Waals surface area (Å²) in [5.74, 6) is -2.62. The van der Waals surface area contributed by atoms with Crippen LogP contribution in [0.25, 0.3) is 22.2 Å². The molecule has 6 nitrogen and oxygen atoms in total. The Morgan fingerprint density at radius 2 is 2.06 bits per heavy atom. The maximum atomic E-state index is 14.7. The highest BCUT2D eigenvalue weighted by Crippen LogP contribution is 2.43.